The molecule has 0 unspecified atom stereocenters. The van der Waals surface area contributed by atoms with E-state index in [0.29, 0.717) is 23.4 Å². The molecule has 1 fully saturated rings. The molecule has 2 nitrogen and oxygen atoms in total. The molecule has 0 bridgehead atoms. The zero-order valence-corrected chi connectivity index (χ0v) is 16.3. The average Bonchev–Trinajstić information content (AvgIpc) is 3.09. The van der Waals surface area contributed by atoms with Crippen molar-refractivity contribution in [3.05, 3.63) is 70.8 Å². The Kier molecular flexibility index (Phi) is 5.30. The minimum absolute atomic E-state index is 0.00829. The fraction of sp³-hybridized carbons (Fsp3) is 0.381. The van der Waals surface area contributed by atoms with Gasteiger partial charge in [0.1, 0.15) is 5.37 Å². The van der Waals surface area contributed by atoms with Gasteiger partial charge in [-0.15, -0.1) is 11.8 Å². The lowest BCUT2D eigenvalue weighted by molar-refractivity contribution is -0.137. The molecule has 1 heterocycles. The highest BCUT2D eigenvalue weighted by Crippen LogP contribution is 2.40. The summed E-state index contributed by atoms with van der Waals surface area (Å²) in [6, 6.07) is 12.7. The number of alkyl halides is 3. The molecular formula is C21H22F3NOS. The van der Waals surface area contributed by atoms with Crippen LogP contribution in [0.15, 0.2) is 48.5 Å². The molecular weight excluding hydrogens is 371 g/mol. The van der Waals surface area contributed by atoms with Crippen molar-refractivity contribution >= 4 is 17.7 Å². The molecule has 6 heteroatoms. The van der Waals surface area contributed by atoms with Gasteiger partial charge in [-0.25, -0.2) is 0 Å². The monoisotopic (exact) mass is 393 g/mol. The Balaban J connectivity index is 1.85. The number of carbonyl (C=O) groups is 1. The van der Waals surface area contributed by atoms with Crippen molar-refractivity contribution in [3.8, 4) is 0 Å². The van der Waals surface area contributed by atoms with Crippen molar-refractivity contribution in [3.63, 3.8) is 0 Å². The predicted molar refractivity (Wildman–Crippen MR) is 103 cm³/mol. The number of nitrogens with zero attached hydrogens (tertiary/aromatic N) is 1. The van der Waals surface area contributed by atoms with Crippen LogP contribution in [0.5, 0.6) is 0 Å². The molecule has 0 saturated carbocycles. The summed E-state index contributed by atoms with van der Waals surface area (Å²) < 4.78 is 39.1. The van der Waals surface area contributed by atoms with Gasteiger partial charge in [0.2, 0.25) is 0 Å². The smallest absolute Gasteiger partial charge is 0.322 e. The second-order valence-corrected chi connectivity index (χ2v) is 8.86. The van der Waals surface area contributed by atoms with E-state index in [9.17, 15) is 18.0 Å². The lowest BCUT2D eigenvalue weighted by atomic mass is 9.86. The number of rotatable bonds is 2. The number of benzene rings is 2. The fourth-order valence-corrected chi connectivity index (χ4v) is 4.35. The zero-order chi connectivity index (χ0) is 19.8. The number of amides is 1. The van der Waals surface area contributed by atoms with Gasteiger partial charge in [-0.2, -0.15) is 13.2 Å². The first-order valence-corrected chi connectivity index (χ1v) is 9.82. The van der Waals surface area contributed by atoms with Crippen LogP contribution in [-0.4, -0.2) is 23.1 Å². The quantitative estimate of drug-likeness (QED) is 0.634. The van der Waals surface area contributed by atoms with Gasteiger partial charge in [-0.05, 0) is 40.8 Å². The lowest BCUT2D eigenvalue weighted by Gasteiger charge is -2.25. The Labute approximate surface area is 161 Å². The Morgan fingerprint density at radius 1 is 1.04 bits per heavy atom. The number of halogens is 3. The van der Waals surface area contributed by atoms with E-state index in [0.717, 1.165) is 17.7 Å². The molecule has 1 atom stereocenters. The summed E-state index contributed by atoms with van der Waals surface area (Å²) in [6.45, 7) is 6.82. The molecule has 0 aromatic heterocycles. The predicted octanol–water partition coefficient (Wildman–Crippen LogP) is 5.89. The van der Waals surface area contributed by atoms with Crippen molar-refractivity contribution in [2.75, 3.05) is 12.3 Å². The SMILES string of the molecule is CC(C)(C)c1ccc(C(=O)N2CCS[C@@H]2c2cccc(C(F)(F)F)c2)cc1. The first-order chi connectivity index (χ1) is 12.6. The van der Waals surface area contributed by atoms with Crippen molar-refractivity contribution in [1.82, 2.24) is 4.90 Å². The van der Waals surface area contributed by atoms with E-state index in [1.807, 2.05) is 12.1 Å². The maximum Gasteiger partial charge on any atom is 0.416 e. The van der Waals surface area contributed by atoms with Crippen LogP contribution >= 0.6 is 11.8 Å². The summed E-state index contributed by atoms with van der Waals surface area (Å²) in [6.07, 6.45) is -4.39. The van der Waals surface area contributed by atoms with Crippen molar-refractivity contribution < 1.29 is 18.0 Å². The van der Waals surface area contributed by atoms with Gasteiger partial charge in [-0.1, -0.05) is 45.0 Å². The molecule has 27 heavy (non-hydrogen) atoms. The van der Waals surface area contributed by atoms with Gasteiger partial charge in [0.15, 0.2) is 0 Å². The third-order valence-corrected chi connectivity index (χ3v) is 5.91. The minimum Gasteiger partial charge on any atom is -0.322 e. The van der Waals surface area contributed by atoms with E-state index in [1.54, 1.807) is 23.1 Å². The number of hydrogen-bond acceptors (Lipinski definition) is 2. The molecule has 2 aromatic rings. The van der Waals surface area contributed by atoms with E-state index < -0.39 is 17.1 Å². The highest BCUT2D eigenvalue weighted by Gasteiger charge is 2.35. The fourth-order valence-electron chi connectivity index (χ4n) is 3.10. The highest BCUT2D eigenvalue weighted by atomic mass is 32.2. The molecule has 1 aliphatic rings. The Morgan fingerprint density at radius 3 is 2.30 bits per heavy atom. The maximum absolute atomic E-state index is 13.0. The summed E-state index contributed by atoms with van der Waals surface area (Å²) in [5, 5.41) is -0.401. The lowest BCUT2D eigenvalue weighted by Crippen LogP contribution is -2.30. The van der Waals surface area contributed by atoms with Crippen LogP contribution in [0, 0.1) is 0 Å². The topological polar surface area (TPSA) is 20.3 Å². The molecule has 0 N–H and O–H groups in total. The van der Waals surface area contributed by atoms with Crippen molar-refractivity contribution in [2.24, 2.45) is 0 Å². The molecule has 0 spiro atoms. The van der Waals surface area contributed by atoms with E-state index in [1.165, 1.54) is 17.8 Å². The van der Waals surface area contributed by atoms with Gasteiger partial charge < -0.3 is 4.90 Å². The van der Waals surface area contributed by atoms with Gasteiger partial charge in [-0.3, -0.25) is 4.79 Å². The molecule has 144 valence electrons. The third-order valence-electron chi connectivity index (χ3n) is 4.65. The van der Waals surface area contributed by atoms with E-state index in [-0.39, 0.29) is 11.3 Å². The van der Waals surface area contributed by atoms with Gasteiger partial charge >= 0.3 is 6.18 Å². The summed E-state index contributed by atoms with van der Waals surface area (Å²) in [4.78, 5) is 14.6. The average molecular weight is 393 g/mol. The normalized spacial score (nSPS) is 18.0. The standard InChI is InChI=1S/C21H22F3NOS/c1-20(2,3)16-9-7-14(8-10-16)18(26)25-11-12-27-19(25)15-5-4-6-17(13-15)21(22,23)24/h4-10,13,19H,11-12H2,1-3H3/t19-/m1/s1. The minimum atomic E-state index is -4.39. The number of hydrogen-bond donors (Lipinski definition) is 0. The molecule has 1 aliphatic heterocycles. The number of thioether (sulfide) groups is 1. The second-order valence-electron chi connectivity index (χ2n) is 7.67. The molecule has 0 radical (unpaired) electrons. The summed E-state index contributed by atoms with van der Waals surface area (Å²) in [5.41, 5.74) is 1.50. The van der Waals surface area contributed by atoms with Crippen LogP contribution in [0.25, 0.3) is 0 Å². The largest absolute Gasteiger partial charge is 0.416 e. The Morgan fingerprint density at radius 2 is 1.70 bits per heavy atom. The molecule has 2 aromatic carbocycles. The third kappa shape index (κ3) is 4.32. The Hall–Kier alpha value is -1.95. The highest BCUT2D eigenvalue weighted by molar-refractivity contribution is 7.99. The van der Waals surface area contributed by atoms with Crippen LogP contribution in [-0.2, 0) is 11.6 Å². The van der Waals surface area contributed by atoms with E-state index >= 15 is 0 Å². The van der Waals surface area contributed by atoms with E-state index in [2.05, 4.69) is 20.8 Å². The van der Waals surface area contributed by atoms with Crippen LogP contribution in [0.4, 0.5) is 13.2 Å². The summed E-state index contributed by atoms with van der Waals surface area (Å²) in [7, 11) is 0. The first-order valence-electron chi connectivity index (χ1n) is 8.77. The molecule has 1 saturated heterocycles. The van der Waals surface area contributed by atoms with Gasteiger partial charge in [0.05, 0.1) is 5.56 Å². The van der Waals surface area contributed by atoms with Gasteiger partial charge in [0, 0.05) is 17.9 Å². The van der Waals surface area contributed by atoms with Crippen LogP contribution in [0.2, 0.25) is 0 Å². The molecule has 0 aliphatic carbocycles. The maximum atomic E-state index is 13.0. The second kappa shape index (κ2) is 7.23. The first kappa shape index (κ1) is 19.8. The number of carbonyl (C=O) groups excluding carboxylic acids is 1. The molecule has 3 rings (SSSR count). The summed E-state index contributed by atoms with van der Waals surface area (Å²) in [5.74, 6) is 0.551. The van der Waals surface area contributed by atoms with Crippen LogP contribution in [0.1, 0.15) is 53.2 Å². The van der Waals surface area contributed by atoms with Crippen molar-refractivity contribution in [1.29, 1.82) is 0 Å². The van der Waals surface area contributed by atoms with Crippen molar-refractivity contribution in [2.45, 2.75) is 37.7 Å². The van der Waals surface area contributed by atoms with Gasteiger partial charge in [0.25, 0.3) is 5.91 Å². The van der Waals surface area contributed by atoms with Crippen LogP contribution in [0.3, 0.4) is 0 Å². The Bertz CT molecular complexity index is 825. The molecule has 1 amide bonds. The van der Waals surface area contributed by atoms with E-state index in [4.69, 9.17) is 0 Å². The van der Waals surface area contributed by atoms with Crippen LogP contribution < -0.4 is 0 Å². The zero-order valence-electron chi connectivity index (χ0n) is 15.5. The summed E-state index contributed by atoms with van der Waals surface area (Å²) >= 11 is 1.49.